The second kappa shape index (κ2) is 5.46. The van der Waals surface area contributed by atoms with Crippen LogP contribution in [-0.2, 0) is 27.3 Å². The Balaban J connectivity index is 1.89. The number of rotatable bonds is 2. The van der Waals surface area contributed by atoms with Crippen molar-refractivity contribution in [3.05, 3.63) is 35.4 Å². The highest BCUT2D eigenvalue weighted by Crippen LogP contribution is 2.26. The van der Waals surface area contributed by atoms with Crippen LogP contribution in [0.5, 0.6) is 0 Å². The lowest BCUT2D eigenvalue weighted by Gasteiger charge is -2.36. The highest BCUT2D eigenvalue weighted by atomic mass is 16.5. The maximum absolute atomic E-state index is 12.6. The topological polar surface area (TPSA) is 92.9 Å². The third-order valence-electron chi connectivity index (χ3n) is 4.26. The third-order valence-corrected chi connectivity index (χ3v) is 4.26. The lowest BCUT2D eigenvalue weighted by molar-refractivity contribution is -0.153. The second-order valence-electron chi connectivity index (χ2n) is 5.60. The minimum atomic E-state index is -0.981. The fourth-order valence-corrected chi connectivity index (χ4v) is 3.01. The summed E-state index contributed by atoms with van der Waals surface area (Å²) in [6.45, 7) is 0.929. The SMILES string of the molecule is NC1COCC1C(=O)N1Cc2ccccc2C[C@@H]1C(=O)O. The Morgan fingerprint density at radius 3 is 2.57 bits per heavy atom. The monoisotopic (exact) mass is 290 g/mol. The Bertz CT molecular complexity index is 575. The molecule has 0 radical (unpaired) electrons. The van der Waals surface area contributed by atoms with Gasteiger partial charge in [-0.25, -0.2) is 4.79 Å². The van der Waals surface area contributed by atoms with Crippen molar-refractivity contribution in [3.8, 4) is 0 Å². The van der Waals surface area contributed by atoms with Crippen LogP contribution in [0.1, 0.15) is 11.1 Å². The molecule has 1 amide bonds. The van der Waals surface area contributed by atoms with E-state index in [1.165, 1.54) is 4.90 Å². The summed E-state index contributed by atoms with van der Waals surface area (Å²) in [5.41, 5.74) is 7.87. The van der Waals surface area contributed by atoms with E-state index in [1.54, 1.807) is 0 Å². The molecule has 21 heavy (non-hydrogen) atoms. The van der Waals surface area contributed by atoms with Gasteiger partial charge in [-0.2, -0.15) is 0 Å². The van der Waals surface area contributed by atoms with Gasteiger partial charge >= 0.3 is 5.97 Å². The van der Waals surface area contributed by atoms with Gasteiger partial charge in [-0.1, -0.05) is 24.3 Å². The summed E-state index contributed by atoms with van der Waals surface area (Å²) in [6, 6.07) is 6.43. The van der Waals surface area contributed by atoms with Crippen molar-refractivity contribution in [2.24, 2.45) is 11.7 Å². The number of benzene rings is 1. The number of carbonyl (C=O) groups is 2. The Kier molecular flexibility index (Phi) is 3.65. The number of ether oxygens (including phenoxy) is 1. The van der Waals surface area contributed by atoms with E-state index in [4.69, 9.17) is 10.5 Å². The maximum atomic E-state index is 12.6. The number of carbonyl (C=O) groups excluding carboxylic acids is 1. The zero-order valence-electron chi connectivity index (χ0n) is 11.6. The molecule has 3 N–H and O–H groups in total. The van der Waals surface area contributed by atoms with Gasteiger partial charge in [0.25, 0.3) is 0 Å². The van der Waals surface area contributed by atoms with Crippen molar-refractivity contribution in [3.63, 3.8) is 0 Å². The van der Waals surface area contributed by atoms with E-state index in [9.17, 15) is 14.7 Å². The summed E-state index contributed by atoms with van der Waals surface area (Å²) in [7, 11) is 0. The lowest BCUT2D eigenvalue weighted by atomic mass is 9.92. The molecule has 0 spiro atoms. The first-order valence-electron chi connectivity index (χ1n) is 7.01. The van der Waals surface area contributed by atoms with E-state index >= 15 is 0 Å². The molecular weight excluding hydrogens is 272 g/mol. The first-order valence-corrected chi connectivity index (χ1v) is 7.01. The fraction of sp³-hybridized carbons (Fsp3) is 0.467. The number of fused-ring (bicyclic) bond motifs is 1. The molecule has 3 atom stereocenters. The predicted octanol–water partition coefficient (Wildman–Crippen LogP) is -0.00180. The third kappa shape index (κ3) is 2.52. The van der Waals surface area contributed by atoms with E-state index in [0.717, 1.165) is 11.1 Å². The average molecular weight is 290 g/mol. The van der Waals surface area contributed by atoms with Crippen LogP contribution in [0, 0.1) is 5.92 Å². The van der Waals surface area contributed by atoms with Crippen LogP contribution in [0.4, 0.5) is 0 Å². The standard InChI is InChI=1S/C15H18N2O4/c16-12-8-21-7-11(12)14(18)17-6-10-4-2-1-3-9(10)5-13(17)15(19)20/h1-4,11-13H,5-8,16H2,(H,19,20)/t11?,12?,13-/m1/s1. The molecule has 1 fully saturated rings. The van der Waals surface area contributed by atoms with Gasteiger partial charge < -0.3 is 20.5 Å². The molecule has 1 saturated heterocycles. The molecule has 2 unspecified atom stereocenters. The normalized spacial score (nSPS) is 28.2. The molecule has 2 heterocycles. The number of hydrogen-bond donors (Lipinski definition) is 2. The first-order chi connectivity index (χ1) is 10.1. The molecule has 0 aliphatic carbocycles. The minimum Gasteiger partial charge on any atom is -0.480 e. The second-order valence-corrected chi connectivity index (χ2v) is 5.60. The Morgan fingerprint density at radius 1 is 1.24 bits per heavy atom. The minimum absolute atomic E-state index is 0.220. The van der Waals surface area contributed by atoms with Gasteiger partial charge in [0.15, 0.2) is 0 Å². The van der Waals surface area contributed by atoms with E-state index in [-0.39, 0.29) is 18.6 Å². The molecule has 6 heteroatoms. The Morgan fingerprint density at radius 2 is 1.95 bits per heavy atom. The van der Waals surface area contributed by atoms with Gasteiger partial charge in [0.05, 0.1) is 19.1 Å². The summed E-state index contributed by atoms with van der Waals surface area (Å²) < 4.78 is 5.23. The average Bonchev–Trinajstić information content (AvgIpc) is 2.91. The van der Waals surface area contributed by atoms with Crippen LogP contribution in [-0.4, -0.2) is 47.2 Å². The summed E-state index contributed by atoms with van der Waals surface area (Å²) >= 11 is 0. The first kappa shape index (κ1) is 14.0. The number of nitrogens with zero attached hydrogens (tertiary/aromatic N) is 1. The van der Waals surface area contributed by atoms with Crippen molar-refractivity contribution in [2.45, 2.75) is 25.0 Å². The largest absolute Gasteiger partial charge is 0.480 e. The van der Waals surface area contributed by atoms with Gasteiger partial charge in [-0.15, -0.1) is 0 Å². The molecule has 0 bridgehead atoms. The molecule has 3 rings (SSSR count). The molecule has 1 aromatic carbocycles. The molecule has 112 valence electrons. The smallest absolute Gasteiger partial charge is 0.326 e. The van der Waals surface area contributed by atoms with Crippen molar-refractivity contribution in [1.29, 1.82) is 0 Å². The molecule has 0 saturated carbocycles. The number of carboxylic acids is 1. The Hall–Kier alpha value is -1.92. The van der Waals surface area contributed by atoms with Crippen LogP contribution in [0.2, 0.25) is 0 Å². The molecule has 0 aromatic heterocycles. The fourth-order valence-electron chi connectivity index (χ4n) is 3.01. The van der Waals surface area contributed by atoms with E-state index in [0.29, 0.717) is 19.6 Å². The van der Waals surface area contributed by atoms with Gasteiger partial charge in [-0.3, -0.25) is 4.79 Å². The van der Waals surface area contributed by atoms with E-state index < -0.39 is 17.9 Å². The molecular formula is C15H18N2O4. The van der Waals surface area contributed by atoms with Gasteiger partial charge in [0, 0.05) is 19.0 Å². The quantitative estimate of drug-likeness (QED) is 0.799. The number of carboxylic acid groups (broad SMARTS) is 1. The lowest BCUT2D eigenvalue weighted by Crippen LogP contribution is -2.53. The number of nitrogens with two attached hydrogens (primary N) is 1. The number of amides is 1. The van der Waals surface area contributed by atoms with Gasteiger partial charge in [0.2, 0.25) is 5.91 Å². The predicted molar refractivity (Wildman–Crippen MR) is 74.4 cm³/mol. The molecule has 1 aromatic rings. The van der Waals surface area contributed by atoms with Crippen LogP contribution < -0.4 is 5.73 Å². The number of aliphatic carboxylic acids is 1. The Labute approximate surface area is 122 Å². The van der Waals surface area contributed by atoms with Crippen LogP contribution >= 0.6 is 0 Å². The van der Waals surface area contributed by atoms with Crippen LogP contribution in [0.25, 0.3) is 0 Å². The van der Waals surface area contributed by atoms with Crippen molar-refractivity contribution in [1.82, 2.24) is 4.90 Å². The van der Waals surface area contributed by atoms with Crippen molar-refractivity contribution < 1.29 is 19.4 Å². The van der Waals surface area contributed by atoms with Crippen LogP contribution in [0.3, 0.4) is 0 Å². The summed E-state index contributed by atoms with van der Waals surface area (Å²) in [5.74, 6) is -1.65. The maximum Gasteiger partial charge on any atom is 0.326 e. The number of hydrogen-bond acceptors (Lipinski definition) is 4. The summed E-state index contributed by atoms with van der Waals surface area (Å²) in [6.07, 6.45) is 0.333. The highest BCUT2D eigenvalue weighted by molar-refractivity contribution is 5.86. The highest BCUT2D eigenvalue weighted by Gasteiger charge is 2.41. The van der Waals surface area contributed by atoms with Crippen molar-refractivity contribution in [2.75, 3.05) is 13.2 Å². The molecule has 2 aliphatic rings. The summed E-state index contributed by atoms with van der Waals surface area (Å²) in [5, 5.41) is 9.44. The van der Waals surface area contributed by atoms with E-state index in [2.05, 4.69) is 0 Å². The van der Waals surface area contributed by atoms with E-state index in [1.807, 2.05) is 24.3 Å². The van der Waals surface area contributed by atoms with Gasteiger partial charge in [0.1, 0.15) is 6.04 Å². The zero-order valence-corrected chi connectivity index (χ0v) is 11.6. The summed E-state index contributed by atoms with van der Waals surface area (Å²) in [4.78, 5) is 25.6. The van der Waals surface area contributed by atoms with Gasteiger partial charge in [-0.05, 0) is 11.1 Å². The van der Waals surface area contributed by atoms with Crippen molar-refractivity contribution >= 4 is 11.9 Å². The zero-order chi connectivity index (χ0) is 15.0. The molecule has 2 aliphatic heterocycles. The molecule has 6 nitrogen and oxygen atoms in total. The van der Waals surface area contributed by atoms with Crippen LogP contribution in [0.15, 0.2) is 24.3 Å².